The summed E-state index contributed by atoms with van der Waals surface area (Å²) in [6.07, 6.45) is 3.54. The fourth-order valence-corrected chi connectivity index (χ4v) is 3.27. The topological polar surface area (TPSA) is 24.9 Å². The summed E-state index contributed by atoms with van der Waals surface area (Å²) in [5.74, 6) is 0.675. The van der Waals surface area contributed by atoms with Crippen LogP contribution in [0.15, 0.2) is 0 Å². The van der Waals surface area contributed by atoms with Crippen LogP contribution in [0.1, 0.15) is 40.0 Å². The van der Waals surface area contributed by atoms with Gasteiger partial charge in [-0.15, -0.1) is 0 Å². The highest BCUT2D eigenvalue weighted by molar-refractivity contribution is 4.87. The molecule has 4 nitrogen and oxygen atoms in total. The largest absolute Gasteiger partial charge is 0.376 e. The van der Waals surface area contributed by atoms with E-state index in [1.54, 1.807) is 0 Å². The van der Waals surface area contributed by atoms with Gasteiger partial charge in [0.25, 0.3) is 0 Å². The molecule has 0 aromatic heterocycles. The molecule has 2 heterocycles. The van der Waals surface area contributed by atoms with Crippen LogP contribution in [-0.4, -0.2) is 68.1 Å². The van der Waals surface area contributed by atoms with E-state index in [1.165, 1.54) is 0 Å². The maximum absolute atomic E-state index is 6.61. The molecule has 0 aromatic rings. The molecule has 0 amide bonds. The Balaban J connectivity index is 1.97. The Morgan fingerprint density at radius 3 is 2.55 bits per heavy atom. The third-order valence-electron chi connectivity index (χ3n) is 4.72. The van der Waals surface area contributed by atoms with E-state index in [0.29, 0.717) is 5.92 Å². The quantitative estimate of drug-likeness (QED) is 0.772. The lowest BCUT2D eigenvalue weighted by Gasteiger charge is -2.46. The van der Waals surface area contributed by atoms with Gasteiger partial charge in [0.05, 0.1) is 18.8 Å². The SMILES string of the molecule is CCC1(OC2COCCN2CC(C)C)CCN(C)CC1. The number of hydrogen-bond acceptors (Lipinski definition) is 4. The van der Waals surface area contributed by atoms with Crippen LogP contribution >= 0.6 is 0 Å². The molecule has 2 rings (SSSR count). The number of morpholine rings is 1. The molecule has 0 aromatic carbocycles. The van der Waals surface area contributed by atoms with E-state index in [4.69, 9.17) is 9.47 Å². The molecule has 4 heteroatoms. The van der Waals surface area contributed by atoms with Gasteiger partial charge in [-0.05, 0) is 32.2 Å². The van der Waals surface area contributed by atoms with Gasteiger partial charge >= 0.3 is 0 Å². The van der Waals surface area contributed by atoms with Gasteiger partial charge in [0, 0.05) is 26.2 Å². The molecular weight excluding hydrogens is 252 g/mol. The van der Waals surface area contributed by atoms with Crippen molar-refractivity contribution in [2.45, 2.75) is 51.9 Å². The van der Waals surface area contributed by atoms with Crippen molar-refractivity contribution in [3.8, 4) is 0 Å². The minimum atomic E-state index is 0.0626. The molecule has 0 aliphatic carbocycles. The van der Waals surface area contributed by atoms with Crippen molar-refractivity contribution >= 4 is 0 Å². The molecule has 0 radical (unpaired) electrons. The van der Waals surface area contributed by atoms with Crippen molar-refractivity contribution < 1.29 is 9.47 Å². The van der Waals surface area contributed by atoms with Crippen molar-refractivity contribution in [2.75, 3.05) is 46.4 Å². The zero-order valence-electron chi connectivity index (χ0n) is 13.7. The Hall–Kier alpha value is -0.160. The van der Waals surface area contributed by atoms with Crippen molar-refractivity contribution in [3.63, 3.8) is 0 Å². The molecule has 118 valence electrons. The highest BCUT2D eigenvalue weighted by Gasteiger charge is 2.37. The number of likely N-dealkylation sites (tertiary alicyclic amines) is 1. The van der Waals surface area contributed by atoms with E-state index in [9.17, 15) is 0 Å². The first-order valence-corrected chi connectivity index (χ1v) is 8.23. The minimum Gasteiger partial charge on any atom is -0.376 e. The summed E-state index contributed by atoms with van der Waals surface area (Å²) in [5, 5.41) is 0. The summed E-state index contributed by atoms with van der Waals surface area (Å²) >= 11 is 0. The van der Waals surface area contributed by atoms with Crippen molar-refractivity contribution in [3.05, 3.63) is 0 Å². The van der Waals surface area contributed by atoms with Gasteiger partial charge in [-0.3, -0.25) is 4.90 Å². The fraction of sp³-hybridized carbons (Fsp3) is 1.00. The van der Waals surface area contributed by atoms with E-state index >= 15 is 0 Å². The third-order valence-corrected chi connectivity index (χ3v) is 4.72. The normalized spacial score (nSPS) is 28.9. The number of ether oxygens (including phenoxy) is 2. The molecule has 2 aliphatic rings. The Morgan fingerprint density at radius 1 is 1.25 bits per heavy atom. The second-order valence-electron chi connectivity index (χ2n) is 6.88. The minimum absolute atomic E-state index is 0.0626. The maximum Gasteiger partial charge on any atom is 0.135 e. The standard InChI is InChI=1S/C16H32N2O2/c1-5-16(6-8-17(4)9-7-16)20-15-13-19-11-10-18(15)12-14(2)3/h14-15H,5-13H2,1-4H3. The first-order valence-electron chi connectivity index (χ1n) is 8.23. The van der Waals surface area contributed by atoms with Gasteiger partial charge in [0.1, 0.15) is 6.23 Å². The Labute approximate surface area is 124 Å². The van der Waals surface area contributed by atoms with Crippen LogP contribution in [0, 0.1) is 5.92 Å². The van der Waals surface area contributed by atoms with E-state index in [2.05, 4.69) is 37.6 Å². The zero-order chi connectivity index (χ0) is 14.6. The van der Waals surface area contributed by atoms with Gasteiger partial charge in [-0.1, -0.05) is 20.8 Å². The number of rotatable bonds is 5. The Bertz CT molecular complexity index is 288. The maximum atomic E-state index is 6.61. The Kier molecular flexibility index (Phi) is 5.84. The summed E-state index contributed by atoms with van der Waals surface area (Å²) in [6, 6.07) is 0. The monoisotopic (exact) mass is 284 g/mol. The van der Waals surface area contributed by atoms with Crippen molar-refractivity contribution in [1.29, 1.82) is 0 Å². The highest BCUT2D eigenvalue weighted by atomic mass is 16.6. The van der Waals surface area contributed by atoms with Gasteiger partial charge in [0.2, 0.25) is 0 Å². The average Bonchev–Trinajstić information content (AvgIpc) is 2.43. The summed E-state index contributed by atoms with van der Waals surface area (Å²) in [5.41, 5.74) is 0.0626. The number of hydrogen-bond donors (Lipinski definition) is 0. The number of piperidine rings is 1. The lowest BCUT2D eigenvalue weighted by molar-refractivity contribution is -0.214. The molecule has 1 unspecified atom stereocenters. The molecule has 1 atom stereocenters. The summed E-state index contributed by atoms with van der Waals surface area (Å²) in [4.78, 5) is 4.88. The second-order valence-corrected chi connectivity index (χ2v) is 6.88. The van der Waals surface area contributed by atoms with Crippen LogP contribution < -0.4 is 0 Å². The van der Waals surface area contributed by atoms with Crippen LogP contribution in [0.3, 0.4) is 0 Å². The smallest absolute Gasteiger partial charge is 0.135 e. The van der Waals surface area contributed by atoms with Crippen LogP contribution in [0.4, 0.5) is 0 Å². The third kappa shape index (κ3) is 4.17. The first kappa shape index (κ1) is 16.2. The first-order chi connectivity index (χ1) is 9.54. The molecule has 20 heavy (non-hydrogen) atoms. The average molecular weight is 284 g/mol. The van der Waals surface area contributed by atoms with Gasteiger partial charge < -0.3 is 14.4 Å². The van der Waals surface area contributed by atoms with Crippen molar-refractivity contribution in [1.82, 2.24) is 9.80 Å². The number of nitrogens with zero attached hydrogens (tertiary/aromatic N) is 2. The molecule has 0 N–H and O–H groups in total. The van der Waals surface area contributed by atoms with E-state index < -0.39 is 0 Å². The summed E-state index contributed by atoms with van der Waals surface area (Å²) < 4.78 is 12.3. The van der Waals surface area contributed by atoms with E-state index in [1.807, 2.05) is 0 Å². The van der Waals surface area contributed by atoms with Crippen molar-refractivity contribution in [2.24, 2.45) is 5.92 Å². The van der Waals surface area contributed by atoms with E-state index in [0.717, 1.165) is 58.7 Å². The van der Waals surface area contributed by atoms with Crippen LogP contribution in [0.2, 0.25) is 0 Å². The van der Waals surface area contributed by atoms with Gasteiger partial charge in [-0.25, -0.2) is 0 Å². The molecule has 0 saturated carbocycles. The lowest BCUT2D eigenvalue weighted by atomic mass is 9.88. The van der Waals surface area contributed by atoms with Crippen LogP contribution in [0.5, 0.6) is 0 Å². The molecule has 2 saturated heterocycles. The molecule has 2 aliphatic heterocycles. The fourth-order valence-electron chi connectivity index (χ4n) is 3.27. The second kappa shape index (κ2) is 7.21. The predicted octanol–water partition coefficient (Wildman–Crippen LogP) is 2.19. The molecule has 2 fully saturated rings. The zero-order valence-corrected chi connectivity index (χ0v) is 13.7. The van der Waals surface area contributed by atoms with Gasteiger partial charge in [-0.2, -0.15) is 0 Å². The summed E-state index contributed by atoms with van der Waals surface area (Å²) in [7, 11) is 2.20. The molecular formula is C16H32N2O2. The highest BCUT2D eigenvalue weighted by Crippen LogP contribution is 2.32. The molecule has 0 spiro atoms. The Morgan fingerprint density at radius 2 is 1.95 bits per heavy atom. The lowest BCUT2D eigenvalue weighted by Crippen LogP contribution is -2.54. The van der Waals surface area contributed by atoms with E-state index in [-0.39, 0.29) is 11.8 Å². The van der Waals surface area contributed by atoms with Gasteiger partial charge in [0.15, 0.2) is 0 Å². The summed E-state index contributed by atoms with van der Waals surface area (Å²) in [6.45, 7) is 12.8. The predicted molar refractivity (Wildman–Crippen MR) is 81.9 cm³/mol. The molecule has 0 bridgehead atoms. The van der Waals surface area contributed by atoms with Crippen LogP contribution in [0.25, 0.3) is 0 Å². The van der Waals surface area contributed by atoms with Crippen LogP contribution in [-0.2, 0) is 9.47 Å².